The Morgan fingerprint density at radius 2 is 2.04 bits per heavy atom. The van der Waals surface area contributed by atoms with Gasteiger partial charge in [0, 0.05) is 29.9 Å². The largest absolute Gasteiger partial charge is 0.345 e. The molecule has 24 heavy (non-hydrogen) atoms. The molecule has 0 aliphatic heterocycles. The average Bonchev–Trinajstić information content (AvgIpc) is 2.80. The van der Waals surface area contributed by atoms with Crippen molar-refractivity contribution >= 4 is 28.4 Å². The SMILES string of the molecule is Cc1nn(C)c(C)c1[C@@H](C)NC(=O)c1ccc(Cl)c2cccnc12. The molecule has 0 unspecified atom stereocenters. The van der Waals surface area contributed by atoms with E-state index in [0.29, 0.717) is 16.1 Å². The van der Waals surface area contributed by atoms with Gasteiger partial charge in [0.1, 0.15) is 0 Å². The summed E-state index contributed by atoms with van der Waals surface area (Å²) in [4.78, 5) is 17.1. The van der Waals surface area contributed by atoms with Crippen LogP contribution < -0.4 is 5.32 Å². The van der Waals surface area contributed by atoms with E-state index in [-0.39, 0.29) is 11.9 Å². The van der Waals surface area contributed by atoms with Crippen LogP contribution in [0.1, 0.15) is 40.3 Å². The second-order valence-corrected chi connectivity index (χ2v) is 6.30. The number of halogens is 1. The summed E-state index contributed by atoms with van der Waals surface area (Å²) in [6.45, 7) is 5.90. The van der Waals surface area contributed by atoms with Crippen LogP contribution in [0.4, 0.5) is 0 Å². The molecule has 1 atom stereocenters. The summed E-state index contributed by atoms with van der Waals surface area (Å²) in [5.74, 6) is -0.175. The van der Waals surface area contributed by atoms with Gasteiger partial charge in [-0.2, -0.15) is 5.10 Å². The number of amides is 1. The lowest BCUT2D eigenvalue weighted by molar-refractivity contribution is 0.0941. The van der Waals surface area contributed by atoms with Gasteiger partial charge in [0.25, 0.3) is 5.91 Å². The Labute approximate surface area is 145 Å². The zero-order chi connectivity index (χ0) is 17.4. The Morgan fingerprint density at radius 1 is 1.29 bits per heavy atom. The van der Waals surface area contributed by atoms with Crippen molar-refractivity contribution in [1.29, 1.82) is 0 Å². The molecule has 1 amide bonds. The fourth-order valence-corrected chi connectivity index (χ4v) is 3.30. The van der Waals surface area contributed by atoms with E-state index in [4.69, 9.17) is 11.6 Å². The zero-order valence-corrected chi connectivity index (χ0v) is 14.8. The molecule has 2 aromatic heterocycles. The first-order valence-electron chi connectivity index (χ1n) is 7.74. The quantitative estimate of drug-likeness (QED) is 0.789. The molecule has 0 saturated carbocycles. The van der Waals surface area contributed by atoms with E-state index in [1.165, 1.54) is 0 Å². The minimum Gasteiger partial charge on any atom is -0.345 e. The molecule has 124 valence electrons. The standard InChI is InChI=1S/C18H19ClN4O/c1-10(16-11(2)22-23(4)12(16)3)21-18(24)14-7-8-15(19)13-6-5-9-20-17(13)14/h5-10H,1-4H3,(H,21,24)/t10-/m1/s1. The van der Waals surface area contributed by atoms with Crippen LogP contribution in [0.3, 0.4) is 0 Å². The molecule has 0 bridgehead atoms. The third-order valence-corrected chi connectivity index (χ3v) is 4.64. The number of nitrogens with one attached hydrogen (secondary N) is 1. The number of rotatable bonds is 3. The summed E-state index contributed by atoms with van der Waals surface area (Å²) in [6.07, 6.45) is 1.66. The van der Waals surface area contributed by atoms with Gasteiger partial charge in [0.05, 0.1) is 27.8 Å². The van der Waals surface area contributed by atoms with Gasteiger partial charge in [-0.3, -0.25) is 14.5 Å². The highest BCUT2D eigenvalue weighted by molar-refractivity contribution is 6.36. The lowest BCUT2D eigenvalue weighted by atomic mass is 10.0. The van der Waals surface area contributed by atoms with Gasteiger partial charge in [-0.15, -0.1) is 0 Å². The molecule has 0 aliphatic carbocycles. The summed E-state index contributed by atoms with van der Waals surface area (Å²) in [6, 6.07) is 6.95. The zero-order valence-electron chi connectivity index (χ0n) is 14.1. The number of aryl methyl sites for hydroxylation is 2. The van der Waals surface area contributed by atoms with Crippen LogP contribution >= 0.6 is 11.6 Å². The molecule has 1 N–H and O–H groups in total. The van der Waals surface area contributed by atoms with Crippen molar-refractivity contribution in [3.63, 3.8) is 0 Å². The maximum atomic E-state index is 12.8. The highest BCUT2D eigenvalue weighted by Gasteiger charge is 2.20. The second-order valence-electron chi connectivity index (χ2n) is 5.90. The Morgan fingerprint density at radius 3 is 2.71 bits per heavy atom. The summed E-state index contributed by atoms with van der Waals surface area (Å²) in [7, 11) is 1.90. The van der Waals surface area contributed by atoms with Crippen molar-refractivity contribution in [2.45, 2.75) is 26.8 Å². The Balaban J connectivity index is 1.95. The number of carbonyl (C=O) groups is 1. The molecule has 3 rings (SSSR count). The first kappa shape index (κ1) is 16.5. The summed E-state index contributed by atoms with van der Waals surface area (Å²) < 4.78 is 1.83. The lowest BCUT2D eigenvalue weighted by Gasteiger charge is -2.16. The van der Waals surface area contributed by atoms with Crippen LogP contribution in [0.25, 0.3) is 10.9 Å². The normalized spacial score (nSPS) is 12.4. The van der Waals surface area contributed by atoms with E-state index in [9.17, 15) is 4.79 Å². The van der Waals surface area contributed by atoms with Gasteiger partial charge in [-0.1, -0.05) is 11.6 Å². The van der Waals surface area contributed by atoms with Crippen LogP contribution in [-0.4, -0.2) is 20.7 Å². The van der Waals surface area contributed by atoms with E-state index in [0.717, 1.165) is 22.3 Å². The minimum absolute atomic E-state index is 0.152. The van der Waals surface area contributed by atoms with Crippen molar-refractivity contribution in [2.75, 3.05) is 0 Å². The summed E-state index contributed by atoms with van der Waals surface area (Å²) in [5.41, 5.74) is 4.12. The van der Waals surface area contributed by atoms with Gasteiger partial charge in [-0.05, 0) is 45.0 Å². The third kappa shape index (κ3) is 2.76. The molecule has 0 fully saturated rings. The third-order valence-electron chi connectivity index (χ3n) is 4.31. The Kier molecular flexibility index (Phi) is 4.28. The Bertz CT molecular complexity index is 932. The molecular weight excluding hydrogens is 324 g/mol. The number of hydrogen-bond acceptors (Lipinski definition) is 3. The monoisotopic (exact) mass is 342 g/mol. The number of benzene rings is 1. The summed E-state index contributed by atoms with van der Waals surface area (Å²) >= 11 is 6.20. The highest BCUT2D eigenvalue weighted by Crippen LogP contribution is 2.26. The van der Waals surface area contributed by atoms with Gasteiger partial charge in [0.15, 0.2) is 0 Å². The topological polar surface area (TPSA) is 59.8 Å². The predicted molar refractivity (Wildman–Crippen MR) is 95.3 cm³/mol. The van der Waals surface area contributed by atoms with Crippen molar-refractivity contribution in [3.05, 3.63) is 58.0 Å². The van der Waals surface area contributed by atoms with Crippen molar-refractivity contribution < 1.29 is 4.79 Å². The van der Waals surface area contributed by atoms with Gasteiger partial charge in [-0.25, -0.2) is 0 Å². The van der Waals surface area contributed by atoms with Crippen LogP contribution in [0.15, 0.2) is 30.5 Å². The smallest absolute Gasteiger partial charge is 0.253 e. The van der Waals surface area contributed by atoms with Crippen LogP contribution in [-0.2, 0) is 7.05 Å². The van der Waals surface area contributed by atoms with Crippen LogP contribution in [0.5, 0.6) is 0 Å². The maximum Gasteiger partial charge on any atom is 0.253 e. The van der Waals surface area contributed by atoms with E-state index < -0.39 is 0 Å². The van der Waals surface area contributed by atoms with E-state index in [1.54, 1.807) is 24.4 Å². The van der Waals surface area contributed by atoms with Crippen molar-refractivity contribution in [2.24, 2.45) is 7.05 Å². The fraction of sp³-hybridized carbons (Fsp3) is 0.278. The molecule has 6 heteroatoms. The van der Waals surface area contributed by atoms with Crippen LogP contribution in [0, 0.1) is 13.8 Å². The van der Waals surface area contributed by atoms with Crippen LogP contribution in [0.2, 0.25) is 5.02 Å². The van der Waals surface area contributed by atoms with E-state index in [2.05, 4.69) is 15.4 Å². The first-order valence-corrected chi connectivity index (χ1v) is 8.12. The lowest BCUT2D eigenvalue weighted by Crippen LogP contribution is -2.27. The molecule has 0 saturated heterocycles. The number of nitrogens with zero attached hydrogens (tertiary/aromatic N) is 3. The van der Waals surface area contributed by atoms with Gasteiger partial charge in [0.2, 0.25) is 0 Å². The fourth-order valence-electron chi connectivity index (χ4n) is 3.08. The van der Waals surface area contributed by atoms with Gasteiger partial charge >= 0.3 is 0 Å². The second kappa shape index (κ2) is 6.24. The molecule has 0 aliphatic rings. The minimum atomic E-state index is -0.175. The molecule has 1 aromatic carbocycles. The highest BCUT2D eigenvalue weighted by atomic mass is 35.5. The van der Waals surface area contributed by atoms with Crippen molar-refractivity contribution in [3.8, 4) is 0 Å². The summed E-state index contributed by atoms with van der Waals surface area (Å²) in [5, 5.41) is 8.81. The number of fused-ring (bicyclic) bond motifs is 1. The van der Waals surface area contributed by atoms with E-state index >= 15 is 0 Å². The van der Waals surface area contributed by atoms with E-state index in [1.807, 2.05) is 38.6 Å². The molecule has 5 nitrogen and oxygen atoms in total. The van der Waals surface area contributed by atoms with Gasteiger partial charge < -0.3 is 5.32 Å². The molecule has 3 aromatic rings. The number of carbonyl (C=O) groups excluding carboxylic acids is 1. The number of aromatic nitrogens is 3. The Hall–Kier alpha value is -2.40. The number of hydrogen-bond donors (Lipinski definition) is 1. The molecular formula is C18H19ClN4O. The number of pyridine rings is 1. The average molecular weight is 343 g/mol. The predicted octanol–water partition coefficient (Wildman–Crippen LogP) is 3.73. The van der Waals surface area contributed by atoms with Crippen molar-refractivity contribution in [1.82, 2.24) is 20.1 Å². The molecule has 0 radical (unpaired) electrons. The first-order chi connectivity index (χ1) is 11.4. The molecule has 2 heterocycles. The maximum absolute atomic E-state index is 12.8. The molecule has 0 spiro atoms.